The summed E-state index contributed by atoms with van der Waals surface area (Å²) in [7, 11) is 0. The molecule has 0 radical (unpaired) electrons. The van der Waals surface area contributed by atoms with E-state index < -0.39 is 5.83 Å². The first-order chi connectivity index (χ1) is 2.77. The van der Waals surface area contributed by atoms with E-state index in [1.54, 1.807) is 0 Å². The van der Waals surface area contributed by atoms with Gasteiger partial charge < -0.3 is 4.79 Å². The van der Waals surface area contributed by atoms with Crippen molar-refractivity contribution in [2.75, 3.05) is 0 Å². The summed E-state index contributed by atoms with van der Waals surface area (Å²) in [6.07, 6.45) is 0.308. The van der Waals surface area contributed by atoms with Crippen molar-refractivity contribution < 1.29 is 9.18 Å². The van der Waals surface area contributed by atoms with Crippen molar-refractivity contribution in [2.24, 2.45) is 0 Å². The minimum Gasteiger partial charge on any atom is -0.303 e. The molecule has 0 aromatic carbocycles. The van der Waals surface area contributed by atoms with Crippen molar-refractivity contribution in [3.63, 3.8) is 0 Å². The molecule has 0 saturated heterocycles. The van der Waals surface area contributed by atoms with Gasteiger partial charge in [-0.05, 0) is 0 Å². The van der Waals surface area contributed by atoms with Crippen LogP contribution in [0.4, 0.5) is 4.39 Å². The Labute approximate surface area is 35.5 Å². The lowest BCUT2D eigenvalue weighted by molar-refractivity contribution is -0.107. The van der Waals surface area contributed by atoms with Gasteiger partial charge in [0.2, 0.25) is 0 Å². The number of rotatable bonds is 2. The average Bonchev–Trinajstić information content (AvgIpc) is 1.35. The molecule has 0 aromatic rings. The van der Waals surface area contributed by atoms with E-state index in [0.717, 1.165) is 0 Å². The second-order valence-electron chi connectivity index (χ2n) is 0.888. The van der Waals surface area contributed by atoms with E-state index in [1.807, 2.05) is 0 Å². The summed E-state index contributed by atoms with van der Waals surface area (Å²) in [6.45, 7) is 2.85. The first kappa shape index (κ1) is 5.34. The molecular weight excluding hydrogens is 83.0 g/mol. The molecule has 0 N–H and O–H groups in total. The number of halogens is 1. The fourth-order valence-electron chi connectivity index (χ4n) is 0.0904. The molecule has 0 aliphatic rings. The van der Waals surface area contributed by atoms with Gasteiger partial charge in [-0.3, -0.25) is 0 Å². The first-order valence-electron chi connectivity index (χ1n) is 1.54. The van der Waals surface area contributed by atoms with E-state index in [9.17, 15) is 9.18 Å². The Hall–Kier alpha value is -0.660. The zero-order valence-corrected chi connectivity index (χ0v) is 3.28. The van der Waals surface area contributed by atoms with Gasteiger partial charge in [-0.15, -0.1) is 0 Å². The molecule has 0 bridgehead atoms. The Bertz CT molecular complexity index is 67.9. The van der Waals surface area contributed by atoms with Crippen LogP contribution in [0.25, 0.3) is 0 Å². The largest absolute Gasteiger partial charge is 0.303 e. The fraction of sp³-hybridized carbons (Fsp3) is 0.250. The fourth-order valence-corrected chi connectivity index (χ4v) is 0.0904. The monoisotopic (exact) mass is 88.0 g/mol. The van der Waals surface area contributed by atoms with Crippen molar-refractivity contribution in [1.82, 2.24) is 0 Å². The third kappa shape index (κ3) is 3.34. The van der Waals surface area contributed by atoms with Crippen LogP contribution < -0.4 is 0 Å². The number of hydrogen-bond donors (Lipinski definition) is 0. The third-order valence-electron chi connectivity index (χ3n) is 0.305. The van der Waals surface area contributed by atoms with Crippen LogP contribution >= 0.6 is 0 Å². The highest BCUT2D eigenvalue weighted by atomic mass is 19.1. The maximum Gasteiger partial charge on any atom is 0.126 e. The molecular formula is C4H5FO. The molecule has 0 aliphatic carbocycles. The van der Waals surface area contributed by atoms with Gasteiger partial charge in [-0.25, -0.2) is 4.39 Å². The van der Waals surface area contributed by atoms with E-state index in [1.165, 1.54) is 0 Å². The molecule has 0 aliphatic heterocycles. The van der Waals surface area contributed by atoms with E-state index in [-0.39, 0.29) is 6.42 Å². The predicted octanol–water partition coefficient (Wildman–Crippen LogP) is 1.06. The van der Waals surface area contributed by atoms with Crippen LogP contribution in [0.15, 0.2) is 12.4 Å². The number of aldehydes is 1. The summed E-state index contributed by atoms with van der Waals surface area (Å²) >= 11 is 0. The van der Waals surface area contributed by atoms with Crippen LogP contribution in [0, 0.1) is 0 Å². The lowest BCUT2D eigenvalue weighted by Crippen LogP contribution is -1.69. The molecule has 0 unspecified atom stereocenters. The standard InChI is InChI=1S/C4H5FO/c1-4(5)2-3-6/h3H,1-2H2. The number of hydrogen-bond acceptors (Lipinski definition) is 1. The quantitative estimate of drug-likeness (QED) is 0.461. The summed E-state index contributed by atoms with van der Waals surface area (Å²) < 4.78 is 11.3. The Balaban J connectivity index is 3.05. The van der Waals surface area contributed by atoms with Crippen molar-refractivity contribution >= 4 is 6.29 Å². The van der Waals surface area contributed by atoms with Gasteiger partial charge in [0, 0.05) is 0 Å². The molecule has 6 heavy (non-hydrogen) atoms. The molecule has 0 heterocycles. The highest BCUT2D eigenvalue weighted by Crippen LogP contribution is 1.91. The third-order valence-corrected chi connectivity index (χ3v) is 0.305. The van der Waals surface area contributed by atoms with Gasteiger partial charge >= 0.3 is 0 Å². The summed E-state index contributed by atoms with van der Waals surface area (Å²) in [5.74, 6) is -0.579. The number of carbonyl (C=O) groups excluding carboxylic acids is 1. The smallest absolute Gasteiger partial charge is 0.126 e. The van der Waals surface area contributed by atoms with Crippen LogP contribution in [0.5, 0.6) is 0 Å². The highest BCUT2D eigenvalue weighted by Gasteiger charge is 1.81. The zero-order valence-electron chi connectivity index (χ0n) is 3.28. The number of allylic oxidation sites excluding steroid dienone is 1. The molecule has 0 fully saturated rings. The van der Waals surface area contributed by atoms with Gasteiger partial charge in [0.1, 0.15) is 6.29 Å². The Morgan fingerprint density at radius 2 is 2.50 bits per heavy atom. The minimum absolute atomic E-state index is 0.167. The second-order valence-corrected chi connectivity index (χ2v) is 0.888. The lowest BCUT2D eigenvalue weighted by atomic mass is 10.4. The van der Waals surface area contributed by atoms with E-state index in [4.69, 9.17) is 0 Å². The van der Waals surface area contributed by atoms with Gasteiger partial charge in [0.25, 0.3) is 0 Å². The SMILES string of the molecule is C=C(F)CC=O. The van der Waals surface area contributed by atoms with Gasteiger partial charge in [-0.1, -0.05) is 6.58 Å². The summed E-state index contributed by atoms with van der Waals surface area (Å²) in [4.78, 5) is 9.31. The van der Waals surface area contributed by atoms with Crippen molar-refractivity contribution in [3.05, 3.63) is 12.4 Å². The normalized spacial score (nSPS) is 7.50. The topological polar surface area (TPSA) is 17.1 Å². The summed E-state index contributed by atoms with van der Waals surface area (Å²) in [5.41, 5.74) is 0. The second kappa shape index (κ2) is 2.57. The molecule has 1 nitrogen and oxygen atoms in total. The van der Waals surface area contributed by atoms with Crippen LogP contribution in [0.3, 0.4) is 0 Å². The average molecular weight is 88.1 g/mol. The Morgan fingerprint density at radius 3 is 2.50 bits per heavy atom. The summed E-state index contributed by atoms with van der Waals surface area (Å²) in [6, 6.07) is 0. The Kier molecular flexibility index (Phi) is 2.29. The lowest BCUT2D eigenvalue weighted by Gasteiger charge is -1.74. The molecule has 0 aromatic heterocycles. The van der Waals surface area contributed by atoms with Crippen LogP contribution in [-0.4, -0.2) is 6.29 Å². The van der Waals surface area contributed by atoms with Crippen LogP contribution in [-0.2, 0) is 4.79 Å². The Morgan fingerprint density at radius 1 is 2.00 bits per heavy atom. The number of carbonyl (C=O) groups is 1. The van der Waals surface area contributed by atoms with Crippen molar-refractivity contribution in [1.29, 1.82) is 0 Å². The van der Waals surface area contributed by atoms with Gasteiger partial charge in [0.15, 0.2) is 0 Å². The molecule has 34 valence electrons. The summed E-state index contributed by atoms with van der Waals surface area (Å²) in [5, 5.41) is 0. The van der Waals surface area contributed by atoms with E-state index in [2.05, 4.69) is 6.58 Å². The maximum absolute atomic E-state index is 11.3. The van der Waals surface area contributed by atoms with Gasteiger partial charge in [0.05, 0.1) is 12.2 Å². The van der Waals surface area contributed by atoms with Crippen LogP contribution in [0.1, 0.15) is 6.42 Å². The zero-order chi connectivity index (χ0) is 4.99. The van der Waals surface area contributed by atoms with Crippen molar-refractivity contribution in [3.8, 4) is 0 Å². The van der Waals surface area contributed by atoms with E-state index >= 15 is 0 Å². The highest BCUT2D eigenvalue weighted by molar-refractivity contribution is 5.52. The van der Waals surface area contributed by atoms with E-state index in [0.29, 0.717) is 6.29 Å². The predicted molar refractivity (Wildman–Crippen MR) is 20.9 cm³/mol. The first-order valence-corrected chi connectivity index (χ1v) is 1.54. The maximum atomic E-state index is 11.3. The molecule has 2 heteroatoms. The molecule has 0 rings (SSSR count). The minimum atomic E-state index is -0.579. The van der Waals surface area contributed by atoms with Gasteiger partial charge in [-0.2, -0.15) is 0 Å². The molecule has 0 atom stereocenters. The molecule has 0 saturated carbocycles. The van der Waals surface area contributed by atoms with Crippen LogP contribution in [0.2, 0.25) is 0 Å². The molecule has 0 spiro atoms. The van der Waals surface area contributed by atoms with Crippen molar-refractivity contribution in [2.45, 2.75) is 6.42 Å². The molecule has 0 amide bonds.